The Morgan fingerprint density at radius 3 is 2.47 bits per heavy atom. The van der Waals surface area contributed by atoms with Gasteiger partial charge in [-0.15, -0.1) is 0 Å². The molecular formula is C13H21NO3S2. The average Bonchev–Trinajstić information content (AvgIpc) is 2.33. The van der Waals surface area contributed by atoms with Gasteiger partial charge in [0.05, 0.1) is 5.75 Å². The summed E-state index contributed by atoms with van der Waals surface area (Å²) in [5.41, 5.74) is 2.25. The fraction of sp³-hybridized carbons (Fsp3) is 0.538. The van der Waals surface area contributed by atoms with Crippen LogP contribution in [0.1, 0.15) is 17.2 Å². The highest BCUT2D eigenvalue weighted by molar-refractivity contribution is 7.92. The van der Waals surface area contributed by atoms with Crippen molar-refractivity contribution in [1.29, 1.82) is 0 Å². The van der Waals surface area contributed by atoms with Crippen molar-refractivity contribution in [2.75, 3.05) is 30.6 Å². The Morgan fingerprint density at radius 1 is 1.32 bits per heavy atom. The first-order valence-electron chi connectivity index (χ1n) is 6.09. The van der Waals surface area contributed by atoms with E-state index >= 15 is 0 Å². The number of nitrogens with one attached hydrogen (secondary N) is 1. The summed E-state index contributed by atoms with van der Waals surface area (Å²) in [5.74, 6) is 0.601. The second kappa shape index (κ2) is 7.17. The molecule has 1 aromatic rings. The van der Waals surface area contributed by atoms with E-state index in [-0.39, 0.29) is 17.5 Å². The molecule has 0 saturated heterocycles. The number of aryl methyl sites for hydroxylation is 1. The molecule has 0 heterocycles. The van der Waals surface area contributed by atoms with Crippen LogP contribution in [0.25, 0.3) is 0 Å². The van der Waals surface area contributed by atoms with Crippen LogP contribution in [0.2, 0.25) is 0 Å². The molecule has 19 heavy (non-hydrogen) atoms. The Morgan fingerprint density at radius 2 is 1.95 bits per heavy atom. The molecule has 0 aromatic heterocycles. The van der Waals surface area contributed by atoms with Crippen LogP contribution < -0.4 is 5.32 Å². The summed E-state index contributed by atoms with van der Waals surface area (Å²) in [5, 5.41) is 3.14. The molecule has 1 aromatic carbocycles. The van der Waals surface area contributed by atoms with Crippen LogP contribution in [-0.2, 0) is 20.6 Å². The van der Waals surface area contributed by atoms with Gasteiger partial charge in [0.1, 0.15) is 9.84 Å². The van der Waals surface area contributed by atoms with Crippen molar-refractivity contribution in [2.24, 2.45) is 0 Å². The molecule has 1 N–H and O–H groups in total. The minimum absolute atomic E-state index is 0.0124. The Bertz CT molecular complexity index is 541. The van der Waals surface area contributed by atoms with Crippen LogP contribution in [0.5, 0.6) is 0 Å². The van der Waals surface area contributed by atoms with E-state index in [0.29, 0.717) is 5.75 Å². The van der Waals surface area contributed by atoms with Gasteiger partial charge < -0.3 is 5.32 Å². The first-order chi connectivity index (χ1) is 8.83. The van der Waals surface area contributed by atoms with Gasteiger partial charge in [0.25, 0.3) is 0 Å². The highest BCUT2D eigenvalue weighted by Gasteiger charge is 2.16. The van der Waals surface area contributed by atoms with E-state index in [1.165, 1.54) is 6.26 Å². The van der Waals surface area contributed by atoms with Crippen molar-refractivity contribution in [3.8, 4) is 0 Å². The maximum atomic E-state index is 12.0. The van der Waals surface area contributed by atoms with Crippen LogP contribution in [0.4, 0.5) is 0 Å². The van der Waals surface area contributed by atoms with Gasteiger partial charge in [-0.2, -0.15) is 0 Å². The largest absolute Gasteiger partial charge is 0.312 e. The molecule has 108 valence electrons. The molecule has 0 bridgehead atoms. The van der Waals surface area contributed by atoms with Crippen molar-refractivity contribution in [2.45, 2.75) is 13.0 Å². The SMILES string of the molecule is CNC(CS(=O)CCS(C)(=O)=O)c1ccccc1C. The highest BCUT2D eigenvalue weighted by atomic mass is 32.2. The summed E-state index contributed by atoms with van der Waals surface area (Å²) in [4.78, 5) is 0. The molecule has 0 aliphatic rings. The van der Waals surface area contributed by atoms with Crippen molar-refractivity contribution < 1.29 is 12.6 Å². The molecule has 0 amide bonds. The van der Waals surface area contributed by atoms with Gasteiger partial charge in [0, 0.05) is 34.6 Å². The van der Waals surface area contributed by atoms with Crippen LogP contribution in [0, 0.1) is 6.92 Å². The summed E-state index contributed by atoms with van der Waals surface area (Å²) in [6, 6.07) is 7.92. The lowest BCUT2D eigenvalue weighted by Gasteiger charge is -2.18. The third kappa shape index (κ3) is 5.84. The minimum Gasteiger partial charge on any atom is -0.312 e. The lowest BCUT2D eigenvalue weighted by atomic mass is 10.0. The Kier molecular flexibility index (Phi) is 6.16. The van der Waals surface area contributed by atoms with Crippen LogP contribution in [-0.4, -0.2) is 43.2 Å². The molecule has 0 saturated carbocycles. The third-order valence-corrected chi connectivity index (χ3v) is 5.52. The van der Waals surface area contributed by atoms with Gasteiger partial charge in [-0.1, -0.05) is 24.3 Å². The zero-order chi connectivity index (χ0) is 14.5. The summed E-state index contributed by atoms with van der Waals surface area (Å²) in [6.07, 6.45) is 1.17. The van der Waals surface area contributed by atoms with E-state index in [9.17, 15) is 12.6 Å². The minimum atomic E-state index is -3.05. The molecule has 0 radical (unpaired) electrons. The number of sulfone groups is 1. The van der Waals surface area contributed by atoms with Gasteiger partial charge in [-0.25, -0.2) is 8.42 Å². The van der Waals surface area contributed by atoms with E-state index in [0.717, 1.165) is 11.1 Å². The Labute approximate surface area is 118 Å². The standard InChI is InChI=1S/C13H21NO3S2/c1-11-6-4-5-7-12(11)13(14-2)10-18(15)8-9-19(3,16)17/h4-7,13-14H,8-10H2,1-3H3. The van der Waals surface area contributed by atoms with Crippen LogP contribution >= 0.6 is 0 Å². The number of rotatable bonds is 7. The molecule has 0 aliphatic heterocycles. The summed E-state index contributed by atoms with van der Waals surface area (Å²) >= 11 is 0. The molecule has 2 unspecified atom stereocenters. The van der Waals surface area contributed by atoms with E-state index in [2.05, 4.69) is 5.32 Å². The second-order valence-corrected chi connectivity index (χ2v) is 8.52. The first-order valence-corrected chi connectivity index (χ1v) is 9.64. The van der Waals surface area contributed by atoms with Crippen LogP contribution in [0.3, 0.4) is 0 Å². The monoisotopic (exact) mass is 303 g/mol. The highest BCUT2D eigenvalue weighted by Crippen LogP contribution is 2.18. The van der Waals surface area contributed by atoms with Crippen LogP contribution in [0.15, 0.2) is 24.3 Å². The Hall–Kier alpha value is -0.720. The van der Waals surface area contributed by atoms with E-state index in [1.54, 1.807) is 0 Å². The van der Waals surface area contributed by atoms with Gasteiger partial charge in [-0.05, 0) is 25.1 Å². The molecule has 6 heteroatoms. The number of hydrogen-bond acceptors (Lipinski definition) is 4. The molecular weight excluding hydrogens is 282 g/mol. The smallest absolute Gasteiger partial charge is 0.148 e. The normalized spacial score (nSPS) is 15.1. The zero-order valence-corrected chi connectivity index (χ0v) is 13.2. The Balaban J connectivity index is 2.68. The van der Waals surface area contributed by atoms with Crippen molar-refractivity contribution in [3.63, 3.8) is 0 Å². The number of benzene rings is 1. The topological polar surface area (TPSA) is 63.2 Å². The molecule has 4 nitrogen and oxygen atoms in total. The fourth-order valence-electron chi connectivity index (χ4n) is 1.82. The lowest BCUT2D eigenvalue weighted by Crippen LogP contribution is -2.25. The van der Waals surface area contributed by atoms with Gasteiger partial charge in [0.2, 0.25) is 0 Å². The van der Waals surface area contributed by atoms with E-state index in [4.69, 9.17) is 0 Å². The van der Waals surface area contributed by atoms with Crippen molar-refractivity contribution >= 4 is 20.6 Å². The third-order valence-electron chi connectivity index (χ3n) is 2.95. The van der Waals surface area contributed by atoms with Gasteiger partial charge >= 0.3 is 0 Å². The van der Waals surface area contributed by atoms with Crippen molar-refractivity contribution in [3.05, 3.63) is 35.4 Å². The zero-order valence-electron chi connectivity index (χ0n) is 11.5. The molecule has 0 spiro atoms. The van der Waals surface area contributed by atoms with E-state index < -0.39 is 20.6 Å². The maximum absolute atomic E-state index is 12.0. The molecule has 0 aliphatic carbocycles. The molecule has 0 fully saturated rings. The fourth-order valence-corrected chi connectivity index (χ4v) is 4.66. The maximum Gasteiger partial charge on any atom is 0.148 e. The molecule has 2 atom stereocenters. The van der Waals surface area contributed by atoms with E-state index in [1.807, 2.05) is 38.2 Å². The average molecular weight is 303 g/mol. The summed E-state index contributed by atoms with van der Waals surface area (Å²) in [7, 11) is -2.37. The quantitative estimate of drug-likeness (QED) is 0.818. The van der Waals surface area contributed by atoms with Crippen molar-refractivity contribution in [1.82, 2.24) is 5.32 Å². The first kappa shape index (κ1) is 16.3. The lowest BCUT2D eigenvalue weighted by molar-refractivity contribution is 0.602. The summed E-state index contributed by atoms with van der Waals surface area (Å²) < 4.78 is 34.1. The summed E-state index contributed by atoms with van der Waals surface area (Å²) in [6.45, 7) is 2.01. The van der Waals surface area contributed by atoms with Gasteiger partial charge in [-0.3, -0.25) is 4.21 Å². The molecule has 1 rings (SSSR count). The predicted octanol–water partition coefficient (Wildman–Crippen LogP) is 1.05. The second-order valence-electron chi connectivity index (χ2n) is 4.64. The number of hydrogen-bond donors (Lipinski definition) is 1. The predicted molar refractivity (Wildman–Crippen MR) is 80.6 cm³/mol. The van der Waals surface area contributed by atoms with Gasteiger partial charge in [0.15, 0.2) is 0 Å².